The molecular weight excluding hydrogens is 328 g/mol. The molecule has 0 saturated carbocycles. The Morgan fingerprint density at radius 2 is 2.14 bits per heavy atom. The van der Waals surface area contributed by atoms with Gasteiger partial charge in [0.2, 0.25) is 0 Å². The topological polar surface area (TPSA) is 61.2 Å². The normalized spacial score (nSPS) is 11.5. The lowest BCUT2D eigenvalue weighted by molar-refractivity contribution is -0.143. The summed E-state index contributed by atoms with van der Waals surface area (Å²) < 4.78 is 56.7. The molecule has 118 valence electrons. The second-order valence-electron chi connectivity index (χ2n) is 4.14. The summed E-state index contributed by atoms with van der Waals surface area (Å²) >= 11 is 0.392. The molecule has 0 saturated heterocycles. The van der Waals surface area contributed by atoms with Gasteiger partial charge in [-0.1, -0.05) is 11.3 Å². The van der Waals surface area contributed by atoms with Crippen molar-refractivity contribution in [2.75, 3.05) is 7.11 Å². The lowest BCUT2D eigenvalue weighted by Crippen LogP contribution is -2.22. The third-order valence-electron chi connectivity index (χ3n) is 2.69. The minimum absolute atomic E-state index is 0.0103. The number of thiazole rings is 1. The molecule has 2 aromatic rings. The van der Waals surface area contributed by atoms with Crippen molar-refractivity contribution >= 4 is 17.3 Å². The van der Waals surface area contributed by atoms with Gasteiger partial charge in [-0.05, 0) is 11.6 Å². The van der Waals surface area contributed by atoms with Gasteiger partial charge >= 0.3 is 17.0 Å². The highest BCUT2D eigenvalue weighted by Gasteiger charge is 2.35. The van der Waals surface area contributed by atoms with E-state index < -0.39 is 40.8 Å². The fourth-order valence-electron chi connectivity index (χ4n) is 1.69. The molecule has 2 heterocycles. The number of pyridine rings is 1. The molecule has 0 bridgehead atoms. The summed E-state index contributed by atoms with van der Waals surface area (Å²) in [6.45, 7) is -0.511. The summed E-state index contributed by atoms with van der Waals surface area (Å²) in [5, 5.41) is 0.689. The first-order chi connectivity index (χ1) is 10.2. The van der Waals surface area contributed by atoms with Crippen LogP contribution < -0.4 is 4.87 Å². The van der Waals surface area contributed by atoms with E-state index in [0.717, 1.165) is 19.4 Å². The van der Waals surface area contributed by atoms with Crippen LogP contribution in [0.15, 0.2) is 22.4 Å². The maximum absolute atomic E-state index is 13.7. The van der Waals surface area contributed by atoms with Gasteiger partial charge in [-0.3, -0.25) is 9.36 Å². The smallest absolute Gasteiger partial charge is 0.432 e. The summed E-state index contributed by atoms with van der Waals surface area (Å²) in [7, 11) is 1.04. The predicted molar refractivity (Wildman–Crippen MR) is 68.2 cm³/mol. The van der Waals surface area contributed by atoms with E-state index in [4.69, 9.17) is 0 Å². The van der Waals surface area contributed by atoms with Gasteiger partial charge in [-0.2, -0.15) is 13.2 Å². The Morgan fingerprint density at radius 3 is 2.68 bits per heavy atom. The van der Waals surface area contributed by atoms with Crippen molar-refractivity contribution < 1.29 is 27.1 Å². The first kappa shape index (κ1) is 16.1. The lowest BCUT2D eigenvalue weighted by atomic mass is 10.2. The highest BCUT2D eigenvalue weighted by molar-refractivity contribution is 7.07. The fraction of sp³-hybridized carbons (Fsp3) is 0.250. The van der Waals surface area contributed by atoms with Crippen molar-refractivity contribution in [3.05, 3.63) is 50.1 Å². The molecule has 0 radical (unpaired) electrons. The van der Waals surface area contributed by atoms with Crippen LogP contribution >= 0.6 is 11.3 Å². The van der Waals surface area contributed by atoms with Crippen LogP contribution in [-0.2, 0) is 17.5 Å². The SMILES string of the molecule is COC(=O)c1ncc(Cn2c(C(F)(F)F)csc2=O)cc1F. The van der Waals surface area contributed by atoms with E-state index in [1.54, 1.807) is 0 Å². The van der Waals surface area contributed by atoms with Crippen LogP contribution in [0.1, 0.15) is 21.7 Å². The molecule has 0 fully saturated rings. The number of hydrogen-bond donors (Lipinski definition) is 0. The number of carbonyl (C=O) groups excluding carboxylic acids is 1. The Balaban J connectivity index is 2.37. The number of carbonyl (C=O) groups is 1. The van der Waals surface area contributed by atoms with E-state index in [-0.39, 0.29) is 5.56 Å². The number of halogens is 4. The average molecular weight is 336 g/mol. The van der Waals surface area contributed by atoms with Crippen LogP contribution in [0.3, 0.4) is 0 Å². The van der Waals surface area contributed by atoms with Gasteiger partial charge in [-0.25, -0.2) is 14.2 Å². The third kappa shape index (κ3) is 3.16. The minimum Gasteiger partial charge on any atom is -0.464 e. The van der Waals surface area contributed by atoms with Gasteiger partial charge in [-0.15, -0.1) is 0 Å². The van der Waals surface area contributed by atoms with Crippen LogP contribution in [0.4, 0.5) is 17.6 Å². The number of alkyl halides is 3. The number of methoxy groups -OCH3 is 1. The molecule has 2 rings (SSSR count). The molecule has 0 atom stereocenters. The first-order valence-corrected chi connectivity index (χ1v) is 6.60. The zero-order chi connectivity index (χ0) is 16.5. The van der Waals surface area contributed by atoms with Crippen molar-refractivity contribution in [2.45, 2.75) is 12.7 Å². The Kier molecular flexibility index (Phi) is 4.31. The quantitative estimate of drug-likeness (QED) is 0.637. The Hall–Kier alpha value is -2.23. The summed E-state index contributed by atoms with van der Waals surface area (Å²) in [4.78, 5) is 25.3. The highest BCUT2D eigenvalue weighted by atomic mass is 32.1. The second-order valence-corrected chi connectivity index (χ2v) is 4.96. The number of esters is 1. The number of ether oxygens (including phenoxy) is 1. The zero-order valence-electron chi connectivity index (χ0n) is 11.0. The van der Waals surface area contributed by atoms with E-state index in [1.165, 1.54) is 0 Å². The number of aromatic nitrogens is 2. The summed E-state index contributed by atoms with van der Waals surface area (Å²) in [5.74, 6) is -2.05. The fourth-order valence-corrected chi connectivity index (χ4v) is 2.46. The largest absolute Gasteiger partial charge is 0.464 e. The molecule has 0 unspecified atom stereocenters. The van der Waals surface area contributed by atoms with Crippen LogP contribution in [0.2, 0.25) is 0 Å². The number of hydrogen-bond acceptors (Lipinski definition) is 5. The van der Waals surface area contributed by atoms with E-state index in [9.17, 15) is 27.2 Å². The van der Waals surface area contributed by atoms with Crippen molar-refractivity contribution in [2.24, 2.45) is 0 Å². The Labute approximate surface area is 124 Å². The van der Waals surface area contributed by atoms with Crippen molar-refractivity contribution in [3.8, 4) is 0 Å². The van der Waals surface area contributed by atoms with Crippen molar-refractivity contribution in [1.82, 2.24) is 9.55 Å². The van der Waals surface area contributed by atoms with Crippen molar-refractivity contribution in [3.63, 3.8) is 0 Å². The monoisotopic (exact) mass is 336 g/mol. The molecule has 0 aromatic carbocycles. The lowest BCUT2D eigenvalue weighted by Gasteiger charge is -2.10. The summed E-state index contributed by atoms with van der Waals surface area (Å²) in [5.41, 5.74) is -1.70. The van der Waals surface area contributed by atoms with E-state index in [2.05, 4.69) is 9.72 Å². The van der Waals surface area contributed by atoms with Gasteiger partial charge in [0.05, 0.1) is 13.7 Å². The summed E-state index contributed by atoms with van der Waals surface area (Å²) in [6, 6.07) is 0.837. The maximum Gasteiger partial charge on any atom is 0.432 e. The molecule has 0 N–H and O–H groups in total. The molecule has 0 aliphatic carbocycles. The Morgan fingerprint density at radius 1 is 1.45 bits per heavy atom. The molecule has 10 heteroatoms. The van der Waals surface area contributed by atoms with E-state index in [1.807, 2.05) is 0 Å². The number of rotatable bonds is 3. The van der Waals surface area contributed by atoms with Gasteiger partial charge in [0, 0.05) is 11.6 Å². The van der Waals surface area contributed by atoms with Gasteiger partial charge in [0.1, 0.15) is 5.69 Å². The van der Waals surface area contributed by atoms with Crippen LogP contribution in [0.25, 0.3) is 0 Å². The standard InChI is InChI=1S/C12H8F4N2O3S/c1-21-10(19)9-7(13)2-6(3-17-9)4-18-8(12(14,15)16)5-22-11(18)20/h2-3,5H,4H2,1H3. The molecule has 5 nitrogen and oxygen atoms in total. The molecule has 22 heavy (non-hydrogen) atoms. The van der Waals surface area contributed by atoms with Crippen LogP contribution in [-0.4, -0.2) is 22.6 Å². The number of nitrogens with zero attached hydrogens (tertiary/aromatic N) is 2. The predicted octanol–water partition coefficient (Wildman–Crippen LogP) is 2.30. The third-order valence-corrected chi connectivity index (χ3v) is 3.45. The molecule has 2 aromatic heterocycles. The van der Waals surface area contributed by atoms with Crippen LogP contribution in [0, 0.1) is 5.82 Å². The van der Waals surface area contributed by atoms with Gasteiger partial charge < -0.3 is 4.74 Å². The molecular formula is C12H8F4N2O3S. The second kappa shape index (κ2) is 5.87. The van der Waals surface area contributed by atoms with Crippen LogP contribution in [0.5, 0.6) is 0 Å². The first-order valence-electron chi connectivity index (χ1n) is 5.72. The molecule has 0 aliphatic rings. The minimum atomic E-state index is -4.70. The molecule has 0 spiro atoms. The summed E-state index contributed by atoms with van der Waals surface area (Å²) in [6.07, 6.45) is -3.68. The van der Waals surface area contributed by atoms with Gasteiger partial charge in [0.25, 0.3) is 0 Å². The van der Waals surface area contributed by atoms with Gasteiger partial charge in [0.15, 0.2) is 11.5 Å². The molecule has 0 amide bonds. The van der Waals surface area contributed by atoms with Crippen molar-refractivity contribution in [1.29, 1.82) is 0 Å². The van der Waals surface area contributed by atoms with E-state index >= 15 is 0 Å². The van der Waals surface area contributed by atoms with E-state index in [0.29, 0.717) is 21.3 Å². The molecule has 0 aliphatic heterocycles. The Bertz CT molecular complexity index is 766. The average Bonchev–Trinajstić information content (AvgIpc) is 2.79. The maximum atomic E-state index is 13.7. The highest BCUT2D eigenvalue weighted by Crippen LogP contribution is 2.29. The zero-order valence-corrected chi connectivity index (χ0v) is 11.8.